The van der Waals surface area contributed by atoms with Crippen LogP contribution in [0.5, 0.6) is 5.75 Å². The van der Waals surface area contributed by atoms with Crippen molar-refractivity contribution in [1.82, 2.24) is 5.32 Å². The van der Waals surface area contributed by atoms with Crippen LogP contribution >= 0.6 is 0 Å². The Labute approximate surface area is 178 Å². The molecule has 6 heteroatoms. The lowest BCUT2D eigenvalue weighted by Crippen LogP contribution is -2.36. The summed E-state index contributed by atoms with van der Waals surface area (Å²) in [5.41, 5.74) is 2.06. The molecule has 0 atom stereocenters. The number of hydrogen-bond acceptors (Lipinski definition) is 4. The topological polar surface area (TPSA) is 79.5 Å². The van der Waals surface area contributed by atoms with Crippen molar-refractivity contribution in [3.63, 3.8) is 0 Å². The van der Waals surface area contributed by atoms with E-state index in [1.807, 2.05) is 36.4 Å². The van der Waals surface area contributed by atoms with Crippen LogP contribution in [0.15, 0.2) is 48.5 Å². The van der Waals surface area contributed by atoms with E-state index in [4.69, 9.17) is 4.74 Å². The monoisotopic (exact) mass is 409 g/mol. The highest BCUT2D eigenvalue weighted by molar-refractivity contribution is 5.96. The van der Waals surface area contributed by atoms with E-state index in [1.165, 1.54) is 19.3 Å². The number of carbonyl (C=O) groups excluding carboxylic acids is 2. The molecule has 2 amide bonds. The normalized spacial score (nSPS) is 14.0. The molecule has 2 aromatic carbocycles. The van der Waals surface area contributed by atoms with Gasteiger partial charge in [-0.15, -0.1) is 0 Å². The molecule has 3 N–H and O–H groups in total. The molecule has 0 aliphatic heterocycles. The second-order valence-corrected chi connectivity index (χ2v) is 7.66. The van der Waals surface area contributed by atoms with E-state index in [-0.39, 0.29) is 24.4 Å². The van der Waals surface area contributed by atoms with Crippen LogP contribution in [-0.2, 0) is 4.79 Å². The first kappa shape index (κ1) is 21.7. The van der Waals surface area contributed by atoms with E-state index in [2.05, 4.69) is 22.9 Å². The average molecular weight is 410 g/mol. The van der Waals surface area contributed by atoms with Gasteiger partial charge in [-0.1, -0.05) is 32.3 Å². The summed E-state index contributed by atoms with van der Waals surface area (Å²) in [6.45, 7) is 2.84. The van der Waals surface area contributed by atoms with Crippen molar-refractivity contribution < 1.29 is 14.3 Å². The van der Waals surface area contributed by atoms with Crippen LogP contribution in [0, 0.1) is 0 Å². The minimum Gasteiger partial charge on any atom is -0.494 e. The van der Waals surface area contributed by atoms with E-state index in [1.54, 1.807) is 12.1 Å². The Morgan fingerprint density at radius 1 is 1.00 bits per heavy atom. The highest BCUT2D eigenvalue weighted by Crippen LogP contribution is 2.19. The van der Waals surface area contributed by atoms with Crippen molar-refractivity contribution >= 4 is 23.2 Å². The summed E-state index contributed by atoms with van der Waals surface area (Å²) < 4.78 is 5.54. The van der Waals surface area contributed by atoms with Gasteiger partial charge in [0.2, 0.25) is 5.91 Å². The first-order valence-corrected chi connectivity index (χ1v) is 10.8. The molecule has 0 saturated heterocycles. The molecule has 0 spiro atoms. The van der Waals surface area contributed by atoms with Crippen LogP contribution < -0.4 is 20.7 Å². The summed E-state index contributed by atoms with van der Waals surface area (Å²) in [5.74, 6) is 0.575. The molecule has 0 unspecified atom stereocenters. The molecule has 3 rings (SSSR count). The quantitative estimate of drug-likeness (QED) is 0.566. The summed E-state index contributed by atoms with van der Waals surface area (Å²) in [6, 6.07) is 14.8. The van der Waals surface area contributed by atoms with E-state index in [0.717, 1.165) is 30.7 Å². The molecule has 0 bridgehead atoms. The van der Waals surface area contributed by atoms with E-state index < -0.39 is 0 Å². The van der Waals surface area contributed by atoms with Crippen LogP contribution in [-0.4, -0.2) is 31.0 Å². The SMILES string of the molecule is CCCOc1ccc(NC(=O)CNc2cccc(C(=O)NC3CCCCC3)c2)cc1. The number of rotatable bonds is 9. The number of ether oxygens (including phenoxy) is 1. The molecule has 1 saturated carbocycles. The Bertz CT molecular complexity index is 830. The number of benzene rings is 2. The molecule has 1 fully saturated rings. The van der Waals surface area contributed by atoms with Gasteiger partial charge in [-0.25, -0.2) is 0 Å². The van der Waals surface area contributed by atoms with Crippen molar-refractivity contribution in [1.29, 1.82) is 0 Å². The molecular formula is C24H31N3O3. The van der Waals surface area contributed by atoms with Gasteiger partial charge >= 0.3 is 0 Å². The second kappa shape index (κ2) is 11.2. The van der Waals surface area contributed by atoms with Gasteiger partial charge in [-0.05, 0) is 61.7 Å². The lowest BCUT2D eigenvalue weighted by atomic mass is 9.95. The third kappa shape index (κ3) is 6.79. The fourth-order valence-electron chi connectivity index (χ4n) is 3.53. The fraction of sp³-hybridized carbons (Fsp3) is 0.417. The van der Waals surface area contributed by atoms with Crippen LogP contribution in [0.3, 0.4) is 0 Å². The zero-order valence-electron chi connectivity index (χ0n) is 17.6. The Morgan fingerprint density at radius 2 is 1.77 bits per heavy atom. The predicted octanol–water partition coefficient (Wildman–Crippen LogP) is 4.59. The Morgan fingerprint density at radius 3 is 2.50 bits per heavy atom. The molecule has 1 aliphatic rings. The maximum absolute atomic E-state index is 12.5. The molecule has 0 heterocycles. The molecular weight excluding hydrogens is 378 g/mol. The number of hydrogen-bond donors (Lipinski definition) is 3. The summed E-state index contributed by atoms with van der Waals surface area (Å²) >= 11 is 0. The van der Waals surface area contributed by atoms with Gasteiger partial charge in [-0.3, -0.25) is 9.59 Å². The predicted molar refractivity (Wildman–Crippen MR) is 120 cm³/mol. The van der Waals surface area contributed by atoms with Crippen LogP contribution in [0.1, 0.15) is 55.8 Å². The largest absolute Gasteiger partial charge is 0.494 e. The first-order chi connectivity index (χ1) is 14.6. The highest BCUT2D eigenvalue weighted by Gasteiger charge is 2.16. The third-order valence-electron chi connectivity index (χ3n) is 5.13. The maximum atomic E-state index is 12.5. The average Bonchev–Trinajstić information content (AvgIpc) is 2.78. The van der Waals surface area contributed by atoms with Crippen molar-refractivity contribution in [2.75, 3.05) is 23.8 Å². The van der Waals surface area contributed by atoms with Crippen molar-refractivity contribution in [3.8, 4) is 5.75 Å². The number of nitrogens with one attached hydrogen (secondary N) is 3. The lowest BCUT2D eigenvalue weighted by molar-refractivity contribution is -0.114. The van der Waals surface area contributed by atoms with Crippen LogP contribution in [0.25, 0.3) is 0 Å². The maximum Gasteiger partial charge on any atom is 0.251 e. The summed E-state index contributed by atoms with van der Waals surface area (Å²) in [4.78, 5) is 24.7. The zero-order valence-corrected chi connectivity index (χ0v) is 17.6. The first-order valence-electron chi connectivity index (χ1n) is 10.8. The highest BCUT2D eigenvalue weighted by atomic mass is 16.5. The molecule has 6 nitrogen and oxygen atoms in total. The van der Waals surface area contributed by atoms with Crippen LogP contribution in [0.2, 0.25) is 0 Å². The summed E-state index contributed by atoms with van der Waals surface area (Å²) in [6.07, 6.45) is 6.66. The zero-order chi connectivity index (χ0) is 21.2. The van der Waals surface area contributed by atoms with E-state index in [9.17, 15) is 9.59 Å². The minimum atomic E-state index is -0.158. The van der Waals surface area contributed by atoms with Gasteiger partial charge in [0.05, 0.1) is 13.2 Å². The van der Waals surface area contributed by atoms with Crippen molar-refractivity contribution in [2.45, 2.75) is 51.5 Å². The van der Waals surface area contributed by atoms with Crippen LogP contribution in [0.4, 0.5) is 11.4 Å². The number of amides is 2. The molecule has 30 heavy (non-hydrogen) atoms. The van der Waals surface area contributed by atoms with Gasteiger partial charge in [0.1, 0.15) is 5.75 Å². The van der Waals surface area contributed by atoms with E-state index in [0.29, 0.717) is 17.9 Å². The Kier molecular flexibility index (Phi) is 8.12. The molecule has 2 aromatic rings. The van der Waals surface area contributed by atoms with Gasteiger partial charge in [0.25, 0.3) is 5.91 Å². The minimum absolute atomic E-state index is 0.0552. The Balaban J connectivity index is 1.47. The number of carbonyl (C=O) groups is 2. The van der Waals surface area contributed by atoms with Gasteiger partial charge in [0.15, 0.2) is 0 Å². The van der Waals surface area contributed by atoms with Gasteiger partial charge in [0, 0.05) is 23.0 Å². The Hall–Kier alpha value is -3.02. The van der Waals surface area contributed by atoms with Gasteiger partial charge in [-0.2, -0.15) is 0 Å². The van der Waals surface area contributed by atoms with Crippen molar-refractivity contribution in [3.05, 3.63) is 54.1 Å². The molecule has 0 radical (unpaired) electrons. The molecule has 1 aliphatic carbocycles. The molecule has 0 aromatic heterocycles. The standard InChI is InChI=1S/C24H31N3O3/c1-2-15-30-22-13-11-20(12-14-22)26-23(28)17-25-21-10-6-7-18(16-21)24(29)27-19-8-4-3-5-9-19/h6-7,10-14,16,19,25H,2-5,8-9,15,17H2,1H3,(H,26,28)(H,27,29). The summed E-state index contributed by atoms with van der Waals surface area (Å²) in [7, 11) is 0. The second-order valence-electron chi connectivity index (χ2n) is 7.66. The summed E-state index contributed by atoms with van der Waals surface area (Å²) in [5, 5.41) is 9.06. The van der Waals surface area contributed by atoms with E-state index >= 15 is 0 Å². The number of anilines is 2. The molecule has 160 valence electrons. The fourth-order valence-corrected chi connectivity index (χ4v) is 3.53. The van der Waals surface area contributed by atoms with Crippen molar-refractivity contribution in [2.24, 2.45) is 0 Å². The smallest absolute Gasteiger partial charge is 0.251 e. The third-order valence-corrected chi connectivity index (χ3v) is 5.13. The lowest BCUT2D eigenvalue weighted by Gasteiger charge is -2.22. The van der Waals surface area contributed by atoms with Gasteiger partial charge < -0.3 is 20.7 Å².